The number of H-pyrrole nitrogens is 1. The molecular weight excluding hydrogens is 300 g/mol. The molecule has 2 rings (SSSR count). The number of amides is 1. The quantitative estimate of drug-likeness (QED) is 0.286. The highest BCUT2D eigenvalue weighted by Gasteiger charge is 2.61. The van der Waals surface area contributed by atoms with Crippen LogP contribution in [0.4, 0.5) is 0 Å². The average molecular weight is 313 g/mol. The Morgan fingerprint density at radius 3 is 2.82 bits per heavy atom. The number of carbonyl (C=O) groups excluding carboxylic acids is 1. The zero-order valence-corrected chi connectivity index (χ0v) is 11.0. The van der Waals surface area contributed by atoms with E-state index in [9.17, 15) is 24.6 Å². The van der Waals surface area contributed by atoms with Gasteiger partial charge in [-0.3, -0.25) is 19.1 Å². The number of nitrogens with two attached hydrogens (primary N) is 1. The van der Waals surface area contributed by atoms with Crippen molar-refractivity contribution in [1.82, 2.24) is 14.5 Å². The van der Waals surface area contributed by atoms with Crippen molar-refractivity contribution in [2.45, 2.75) is 18.1 Å². The molecule has 1 aliphatic rings. The number of primary amides is 1. The first-order valence-corrected chi connectivity index (χ1v) is 6.02. The molecule has 1 aliphatic heterocycles. The maximum atomic E-state index is 11.8. The normalized spacial score (nSPS) is 30.7. The molecule has 118 valence electrons. The minimum absolute atomic E-state index is 0.672. The van der Waals surface area contributed by atoms with Crippen LogP contribution in [-0.4, -0.2) is 44.1 Å². The molecule has 0 radical (unpaired) electrons. The monoisotopic (exact) mass is 313 g/mol. The van der Waals surface area contributed by atoms with E-state index in [4.69, 9.17) is 16.0 Å². The van der Waals surface area contributed by atoms with Gasteiger partial charge in [-0.15, -0.1) is 0 Å². The van der Waals surface area contributed by atoms with Crippen molar-refractivity contribution < 1.29 is 19.7 Å². The van der Waals surface area contributed by atoms with Crippen molar-refractivity contribution >= 4 is 5.91 Å². The first kappa shape index (κ1) is 15.7. The number of nitrogens with zero attached hydrogens (tertiary/aromatic N) is 3. The zero-order valence-electron chi connectivity index (χ0n) is 11.0. The number of carbonyl (C=O) groups is 1. The van der Waals surface area contributed by atoms with Gasteiger partial charge in [0.25, 0.3) is 11.3 Å². The molecule has 1 fully saturated rings. The Kier molecular flexibility index (Phi) is 4.01. The molecule has 0 aliphatic carbocycles. The molecule has 0 saturated carbocycles. The van der Waals surface area contributed by atoms with E-state index in [1.54, 1.807) is 0 Å². The van der Waals surface area contributed by atoms with Gasteiger partial charge in [-0.2, -0.15) is 0 Å². The van der Waals surface area contributed by atoms with E-state index in [0.29, 0.717) is 0 Å². The summed E-state index contributed by atoms with van der Waals surface area (Å²) < 4.78 is 6.11. The van der Waals surface area contributed by atoms with E-state index in [1.165, 1.54) is 0 Å². The van der Waals surface area contributed by atoms with Gasteiger partial charge in [-0.1, -0.05) is 0 Å². The van der Waals surface area contributed by atoms with E-state index in [2.05, 4.69) is 10.0 Å². The molecule has 0 bridgehead atoms. The fraction of sp³-hybridized carbons (Fsp3) is 0.500. The molecule has 0 unspecified atom stereocenters. The van der Waals surface area contributed by atoms with Crippen molar-refractivity contribution in [2.24, 2.45) is 16.8 Å². The van der Waals surface area contributed by atoms with Crippen LogP contribution in [0.3, 0.4) is 0 Å². The molecule has 1 aromatic rings. The molecule has 2 heterocycles. The number of nitrogens with one attached hydrogen (secondary N) is 2. The van der Waals surface area contributed by atoms with E-state index in [0.717, 1.165) is 16.8 Å². The lowest BCUT2D eigenvalue weighted by molar-refractivity contribution is -0.130. The first-order chi connectivity index (χ1) is 10.4. The summed E-state index contributed by atoms with van der Waals surface area (Å²) in [6.07, 6.45) is -2.14. The Labute approximate surface area is 121 Å². The standard InChI is InChI=1S/C10H12N6O6/c11-7(20)5-6(19)10(3-17,14-15-12)22-8(5)16-2-1-4(18)13-9(16)21/h1-2,5-6,8,12,17,19H,3H2,(H2-,11,13,18,20,21)/p+1/t5-,6+,8-,10-/m1/s1. The van der Waals surface area contributed by atoms with Crippen molar-refractivity contribution in [3.8, 4) is 0 Å². The van der Waals surface area contributed by atoms with Gasteiger partial charge in [0, 0.05) is 12.3 Å². The summed E-state index contributed by atoms with van der Waals surface area (Å²) in [5, 5.41) is 22.8. The van der Waals surface area contributed by atoms with E-state index < -0.39 is 47.7 Å². The third-order valence-corrected chi connectivity index (χ3v) is 3.33. The number of ether oxygens (including phenoxy) is 1. The molecule has 4 atom stereocenters. The van der Waals surface area contributed by atoms with Crippen LogP contribution in [0.5, 0.6) is 0 Å². The number of hydrogen-bond acceptors (Lipinski definition) is 8. The second-order valence-corrected chi connectivity index (χ2v) is 4.60. The topological polar surface area (TPSA) is 198 Å². The van der Waals surface area contributed by atoms with Gasteiger partial charge >= 0.3 is 5.69 Å². The molecule has 22 heavy (non-hydrogen) atoms. The van der Waals surface area contributed by atoms with Crippen molar-refractivity contribution in [3.63, 3.8) is 0 Å². The van der Waals surface area contributed by atoms with Crippen LogP contribution in [0, 0.1) is 11.4 Å². The number of aromatic nitrogens is 2. The predicted molar refractivity (Wildman–Crippen MR) is 67.2 cm³/mol. The third kappa shape index (κ3) is 2.35. The Bertz CT molecular complexity index is 751. The number of aliphatic hydroxyl groups excluding tert-OH is 2. The third-order valence-electron chi connectivity index (χ3n) is 3.33. The SMILES string of the molecule is N=[N+]=N[C@]1(CO)O[C@@H](n2ccc(=O)[nH]c2=O)[C@@H](C(N)=O)[C@@H]1O. The van der Waals surface area contributed by atoms with Gasteiger partial charge in [0.05, 0.1) is 0 Å². The molecule has 12 heteroatoms. The zero-order chi connectivity index (χ0) is 16.5. The van der Waals surface area contributed by atoms with Gasteiger partial charge in [0.1, 0.15) is 24.2 Å². The van der Waals surface area contributed by atoms with Crippen LogP contribution in [0.25, 0.3) is 0 Å². The maximum absolute atomic E-state index is 11.8. The Morgan fingerprint density at radius 1 is 1.64 bits per heavy atom. The van der Waals surface area contributed by atoms with Crippen molar-refractivity contribution in [2.75, 3.05) is 6.61 Å². The molecular formula is C10H13N6O6+. The summed E-state index contributed by atoms with van der Waals surface area (Å²) in [7, 11) is 0. The lowest BCUT2D eigenvalue weighted by Crippen LogP contribution is -2.46. The lowest BCUT2D eigenvalue weighted by atomic mass is 9.95. The van der Waals surface area contributed by atoms with Gasteiger partial charge in [-0.05, 0) is 0 Å². The minimum Gasteiger partial charge on any atom is -0.391 e. The molecule has 1 amide bonds. The van der Waals surface area contributed by atoms with Gasteiger partial charge in [-0.25, -0.2) is 4.79 Å². The van der Waals surface area contributed by atoms with Crippen LogP contribution in [0.2, 0.25) is 0 Å². The van der Waals surface area contributed by atoms with E-state index >= 15 is 0 Å². The number of hydrogen-bond donors (Lipinski definition) is 5. The van der Waals surface area contributed by atoms with Crippen LogP contribution in [-0.2, 0) is 9.53 Å². The highest BCUT2D eigenvalue weighted by Crippen LogP contribution is 2.41. The molecule has 1 saturated heterocycles. The molecule has 0 spiro atoms. The summed E-state index contributed by atoms with van der Waals surface area (Å²) in [6, 6.07) is 1.00. The second kappa shape index (κ2) is 5.61. The molecule has 0 aromatic carbocycles. The summed E-state index contributed by atoms with van der Waals surface area (Å²) in [4.78, 5) is 39.1. The number of rotatable bonds is 4. The fourth-order valence-corrected chi connectivity index (χ4v) is 2.27. The minimum atomic E-state index is -2.11. The van der Waals surface area contributed by atoms with Crippen LogP contribution in [0.15, 0.2) is 27.0 Å². The van der Waals surface area contributed by atoms with Crippen LogP contribution in [0.1, 0.15) is 6.23 Å². The summed E-state index contributed by atoms with van der Waals surface area (Å²) in [5.41, 5.74) is 8.23. The second-order valence-electron chi connectivity index (χ2n) is 4.60. The first-order valence-electron chi connectivity index (χ1n) is 6.02. The lowest BCUT2D eigenvalue weighted by Gasteiger charge is -2.18. The van der Waals surface area contributed by atoms with E-state index in [1.807, 2.05) is 4.98 Å². The smallest absolute Gasteiger partial charge is 0.330 e. The van der Waals surface area contributed by atoms with Crippen LogP contribution >= 0.6 is 0 Å². The summed E-state index contributed by atoms with van der Waals surface area (Å²) >= 11 is 0. The van der Waals surface area contributed by atoms with Gasteiger partial charge in [0.2, 0.25) is 10.8 Å². The highest BCUT2D eigenvalue weighted by atomic mass is 16.6. The Morgan fingerprint density at radius 2 is 2.32 bits per heavy atom. The predicted octanol–water partition coefficient (Wildman–Crippen LogP) is -3.23. The van der Waals surface area contributed by atoms with Gasteiger partial charge < -0.3 is 20.7 Å². The molecule has 1 aromatic heterocycles. The van der Waals surface area contributed by atoms with Crippen molar-refractivity contribution in [3.05, 3.63) is 33.1 Å². The highest BCUT2D eigenvalue weighted by molar-refractivity contribution is 5.78. The van der Waals surface area contributed by atoms with Crippen LogP contribution < -0.4 is 21.9 Å². The fourth-order valence-electron chi connectivity index (χ4n) is 2.27. The molecule has 12 nitrogen and oxygen atoms in total. The maximum Gasteiger partial charge on any atom is 0.330 e. The molecule has 6 N–H and O–H groups in total. The Balaban J connectivity index is 2.59. The Hall–Kier alpha value is -2.66. The average Bonchev–Trinajstić information content (AvgIpc) is 2.73. The van der Waals surface area contributed by atoms with Gasteiger partial charge in [0.15, 0.2) is 11.3 Å². The van der Waals surface area contributed by atoms with Crippen molar-refractivity contribution in [1.29, 1.82) is 5.53 Å². The van der Waals surface area contributed by atoms with E-state index in [-0.39, 0.29) is 0 Å². The largest absolute Gasteiger partial charge is 0.391 e. The number of aliphatic hydroxyl groups is 2. The summed E-state index contributed by atoms with van der Waals surface area (Å²) in [5.74, 6) is -2.48. The summed E-state index contributed by atoms with van der Waals surface area (Å²) in [6.45, 7) is -0.908. The number of aromatic amines is 1.